The Kier molecular flexibility index (Phi) is 7.37. The van der Waals surface area contributed by atoms with Crippen LogP contribution in [0.4, 0.5) is 0 Å². The average Bonchev–Trinajstić information content (AvgIpc) is 3.19. The average molecular weight is 396 g/mol. The third-order valence-electron chi connectivity index (χ3n) is 4.26. The lowest BCUT2D eigenvalue weighted by Gasteiger charge is -2.31. The molecule has 0 unspecified atom stereocenters. The molecule has 1 aromatic heterocycles. The number of hydrogen-bond acceptors (Lipinski definition) is 5. The first-order valence-electron chi connectivity index (χ1n) is 8.64. The van der Waals surface area contributed by atoms with E-state index in [4.69, 9.17) is 4.74 Å². The lowest BCUT2D eigenvalue weighted by molar-refractivity contribution is -0.152. The van der Waals surface area contributed by atoms with Gasteiger partial charge in [-0.15, -0.1) is 11.3 Å². The second-order valence-corrected chi connectivity index (χ2v) is 9.29. The van der Waals surface area contributed by atoms with Crippen molar-refractivity contribution in [2.24, 2.45) is 0 Å². The number of likely N-dealkylation sites (N-methyl/N-ethyl adjacent to an activating group) is 1. The summed E-state index contributed by atoms with van der Waals surface area (Å²) >= 11 is 1.17. The number of unbranched alkanes of at least 4 members (excludes halogenated alkanes) is 1. The van der Waals surface area contributed by atoms with Crippen molar-refractivity contribution >= 4 is 27.3 Å². The minimum atomic E-state index is -3.64. The molecule has 5 nitrogen and oxygen atoms in total. The first kappa shape index (κ1) is 20.6. The van der Waals surface area contributed by atoms with Crippen LogP contribution in [0.25, 0.3) is 0 Å². The quantitative estimate of drug-likeness (QED) is 0.596. The number of rotatable bonds is 9. The monoisotopic (exact) mass is 395 g/mol. The van der Waals surface area contributed by atoms with Gasteiger partial charge in [-0.05, 0) is 30.4 Å². The number of hydrogen-bond donors (Lipinski definition) is 0. The standard InChI is InChI=1S/C19H25NO4S2/c1-4-5-12-17(21)24-19(16-10-7-6-8-11-16)15(2)20(3)26(22,23)18-13-9-14-25-18/h6-11,13-15,19H,4-5,12H2,1-3H3/t15-,19-/m1/s1. The van der Waals surface area contributed by atoms with Crippen LogP contribution in [0.2, 0.25) is 0 Å². The number of thiophene rings is 1. The van der Waals surface area contributed by atoms with E-state index in [-0.39, 0.29) is 10.2 Å². The maximum absolute atomic E-state index is 12.8. The number of benzene rings is 1. The summed E-state index contributed by atoms with van der Waals surface area (Å²) in [5.74, 6) is -0.311. The molecule has 2 rings (SSSR count). The Balaban J connectivity index is 2.27. The molecular formula is C19H25NO4S2. The summed E-state index contributed by atoms with van der Waals surface area (Å²) in [5.41, 5.74) is 0.776. The van der Waals surface area contributed by atoms with E-state index >= 15 is 0 Å². The molecule has 0 saturated carbocycles. The minimum absolute atomic E-state index is 0.274. The highest BCUT2D eigenvalue weighted by Crippen LogP contribution is 2.30. The van der Waals surface area contributed by atoms with Gasteiger partial charge in [-0.3, -0.25) is 4.79 Å². The summed E-state index contributed by atoms with van der Waals surface area (Å²) in [6.07, 6.45) is 1.31. The zero-order valence-electron chi connectivity index (χ0n) is 15.3. The molecule has 0 fully saturated rings. The molecule has 2 aromatic rings. The fraction of sp³-hybridized carbons (Fsp3) is 0.421. The molecule has 0 bridgehead atoms. The van der Waals surface area contributed by atoms with Crippen LogP contribution in [0.15, 0.2) is 52.1 Å². The van der Waals surface area contributed by atoms with Gasteiger partial charge in [-0.2, -0.15) is 4.31 Å². The Morgan fingerprint density at radius 3 is 2.46 bits per heavy atom. The molecule has 0 saturated heterocycles. The normalized spacial score (nSPS) is 14.2. The van der Waals surface area contributed by atoms with Gasteiger partial charge in [0.25, 0.3) is 10.0 Å². The van der Waals surface area contributed by atoms with Gasteiger partial charge in [-0.1, -0.05) is 49.7 Å². The molecule has 142 valence electrons. The fourth-order valence-corrected chi connectivity index (χ4v) is 5.11. The van der Waals surface area contributed by atoms with Crippen molar-refractivity contribution in [3.8, 4) is 0 Å². The van der Waals surface area contributed by atoms with E-state index in [1.165, 1.54) is 22.7 Å². The molecule has 2 atom stereocenters. The first-order valence-corrected chi connectivity index (χ1v) is 11.0. The van der Waals surface area contributed by atoms with Crippen molar-refractivity contribution < 1.29 is 17.9 Å². The van der Waals surface area contributed by atoms with Crippen LogP contribution in [0.3, 0.4) is 0 Å². The zero-order chi connectivity index (χ0) is 19.2. The predicted molar refractivity (Wildman–Crippen MR) is 104 cm³/mol. The molecule has 1 aromatic carbocycles. The van der Waals surface area contributed by atoms with E-state index in [0.717, 1.165) is 18.4 Å². The number of carbonyl (C=O) groups is 1. The SMILES string of the molecule is CCCCC(=O)O[C@@H](c1ccccc1)[C@@H](C)N(C)S(=O)(=O)c1cccs1. The Bertz CT molecular complexity index is 788. The third-order valence-corrected chi connectivity index (χ3v) is 7.58. The van der Waals surface area contributed by atoms with Crippen molar-refractivity contribution in [1.82, 2.24) is 4.31 Å². The van der Waals surface area contributed by atoms with Crippen LogP contribution in [0.5, 0.6) is 0 Å². The number of nitrogens with zero attached hydrogens (tertiary/aromatic N) is 1. The highest BCUT2D eigenvalue weighted by Gasteiger charge is 2.34. The molecule has 0 aliphatic heterocycles. The van der Waals surface area contributed by atoms with Crippen LogP contribution >= 0.6 is 11.3 Å². The second-order valence-electron chi connectivity index (χ2n) is 6.12. The fourth-order valence-electron chi connectivity index (χ4n) is 2.57. The molecule has 0 radical (unpaired) electrons. The van der Waals surface area contributed by atoms with Gasteiger partial charge >= 0.3 is 5.97 Å². The number of ether oxygens (including phenoxy) is 1. The van der Waals surface area contributed by atoms with Crippen molar-refractivity contribution in [3.05, 3.63) is 53.4 Å². The topological polar surface area (TPSA) is 63.7 Å². The molecular weight excluding hydrogens is 370 g/mol. The van der Waals surface area contributed by atoms with E-state index in [1.54, 1.807) is 24.4 Å². The van der Waals surface area contributed by atoms with Crippen molar-refractivity contribution in [2.75, 3.05) is 7.05 Å². The van der Waals surface area contributed by atoms with E-state index in [0.29, 0.717) is 6.42 Å². The summed E-state index contributed by atoms with van der Waals surface area (Å²) in [4.78, 5) is 12.2. The van der Waals surface area contributed by atoms with Crippen molar-refractivity contribution in [2.45, 2.75) is 49.5 Å². The molecule has 0 aliphatic carbocycles. The maximum atomic E-state index is 12.8. The van der Waals surface area contributed by atoms with Gasteiger partial charge in [0.2, 0.25) is 0 Å². The van der Waals surface area contributed by atoms with Crippen LogP contribution in [-0.4, -0.2) is 31.8 Å². The Labute approximate surface area is 159 Å². The summed E-state index contributed by atoms with van der Waals surface area (Å²) in [6, 6.07) is 12.0. The summed E-state index contributed by atoms with van der Waals surface area (Å²) in [5, 5.41) is 1.73. The van der Waals surface area contributed by atoms with Gasteiger partial charge in [0.15, 0.2) is 0 Å². The molecule has 0 aliphatic rings. The number of carbonyl (C=O) groups excluding carboxylic acids is 1. The summed E-state index contributed by atoms with van der Waals surface area (Å²) in [6.45, 7) is 3.77. The highest BCUT2D eigenvalue weighted by molar-refractivity contribution is 7.91. The van der Waals surface area contributed by atoms with Crippen LogP contribution < -0.4 is 0 Å². The van der Waals surface area contributed by atoms with Crippen molar-refractivity contribution in [1.29, 1.82) is 0 Å². The predicted octanol–water partition coefficient (Wildman–Crippen LogP) is 4.23. The van der Waals surface area contributed by atoms with Gasteiger partial charge in [0.1, 0.15) is 10.3 Å². The first-order chi connectivity index (χ1) is 12.4. The van der Waals surface area contributed by atoms with Crippen molar-refractivity contribution in [3.63, 3.8) is 0 Å². The van der Waals surface area contributed by atoms with Gasteiger partial charge in [-0.25, -0.2) is 8.42 Å². The molecule has 0 N–H and O–H groups in total. The van der Waals surface area contributed by atoms with E-state index in [9.17, 15) is 13.2 Å². The zero-order valence-corrected chi connectivity index (χ0v) is 16.9. The van der Waals surface area contributed by atoms with E-state index in [1.807, 2.05) is 37.3 Å². The second kappa shape index (κ2) is 9.30. The highest BCUT2D eigenvalue weighted by atomic mass is 32.2. The number of esters is 1. The number of sulfonamides is 1. The van der Waals surface area contributed by atoms with Gasteiger partial charge < -0.3 is 4.74 Å². The Morgan fingerprint density at radius 2 is 1.88 bits per heavy atom. The van der Waals surface area contributed by atoms with Crippen LogP contribution in [0.1, 0.15) is 44.8 Å². The molecule has 7 heteroatoms. The lowest BCUT2D eigenvalue weighted by atomic mass is 10.0. The maximum Gasteiger partial charge on any atom is 0.306 e. The largest absolute Gasteiger partial charge is 0.456 e. The summed E-state index contributed by atoms with van der Waals surface area (Å²) < 4.78 is 32.9. The van der Waals surface area contributed by atoms with Gasteiger partial charge in [0, 0.05) is 13.5 Å². The molecule has 0 amide bonds. The molecule has 1 heterocycles. The third kappa shape index (κ3) is 4.93. The Hall–Kier alpha value is -1.70. The van der Waals surface area contributed by atoms with E-state index < -0.39 is 22.2 Å². The lowest BCUT2D eigenvalue weighted by Crippen LogP contribution is -2.40. The molecule has 26 heavy (non-hydrogen) atoms. The minimum Gasteiger partial charge on any atom is -0.456 e. The van der Waals surface area contributed by atoms with E-state index in [2.05, 4.69) is 0 Å². The molecule has 0 spiro atoms. The smallest absolute Gasteiger partial charge is 0.306 e. The Morgan fingerprint density at radius 1 is 1.19 bits per heavy atom. The summed E-state index contributed by atoms with van der Waals surface area (Å²) in [7, 11) is -2.12. The van der Waals surface area contributed by atoms with Crippen LogP contribution in [-0.2, 0) is 19.6 Å². The van der Waals surface area contributed by atoms with Crippen LogP contribution in [0, 0.1) is 0 Å². The van der Waals surface area contributed by atoms with Gasteiger partial charge in [0.05, 0.1) is 6.04 Å².